The molecular weight excluding hydrogens is 269 g/mol. The minimum atomic E-state index is -1.22. The van der Waals surface area contributed by atoms with Gasteiger partial charge in [-0.1, -0.05) is 6.42 Å². The molecule has 1 aliphatic rings. The Morgan fingerprint density at radius 1 is 1.15 bits per heavy atom. The highest BCUT2D eigenvalue weighted by Crippen LogP contribution is 2.29. The van der Waals surface area contributed by atoms with E-state index in [0.29, 0.717) is 6.07 Å². The predicted octanol–water partition coefficient (Wildman–Crippen LogP) is 3.70. The van der Waals surface area contributed by atoms with Gasteiger partial charge >= 0.3 is 0 Å². The Balaban J connectivity index is 2.02. The summed E-state index contributed by atoms with van der Waals surface area (Å²) in [5.74, 6) is -3.20. The summed E-state index contributed by atoms with van der Waals surface area (Å²) in [7, 11) is 1.50. The van der Waals surface area contributed by atoms with Gasteiger partial charge in [0.1, 0.15) is 17.1 Å². The highest BCUT2D eigenvalue weighted by atomic mass is 19.2. The van der Waals surface area contributed by atoms with Crippen molar-refractivity contribution in [3.8, 4) is 6.01 Å². The van der Waals surface area contributed by atoms with E-state index in [1.54, 1.807) is 0 Å². The molecule has 0 aliphatic heterocycles. The Bertz CT molecular complexity index is 648. The van der Waals surface area contributed by atoms with E-state index in [2.05, 4.69) is 4.98 Å². The van der Waals surface area contributed by atoms with Gasteiger partial charge in [0.25, 0.3) is 6.01 Å². The van der Waals surface area contributed by atoms with Crippen LogP contribution in [0.4, 0.5) is 13.2 Å². The minimum Gasteiger partial charge on any atom is -0.461 e. The van der Waals surface area contributed by atoms with Crippen molar-refractivity contribution in [1.29, 1.82) is 0 Å². The molecule has 0 N–H and O–H groups in total. The SMILES string of the molecule is Cn1c(OC2CCCCC2)nc2c(F)cc(F)c(F)c21. The predicted molar refractivity (Wildman–Crippen MR) is 68.1 cm³/mol. The molecule has 0 bridgehead atoms. The average molecular weight is 284 g/mol. The molecule has 3 rings (SSSR count). The molecule has 108 valence electrons. The maximum Gasteiger partial charge on any atom is 0.297 e. The van der Waals surface area contributed by atoms with Gasteiger partial charge in [-0.3, -0.25) is 4.57 Å². The molecule has 1 heterocycles. The summed E-state index contributed by atoms with van der Waals surface area (Å²) in [6, 6.07) is 0.644. The van der Waals surface area contributed by atoms with E-state index in [1.165, 1.54) is 18.0 Å². The van der Waals surface area contributed by atoms with Crippen molar-refractivity contribution in [2.45, 2.75) is 38.2 Å². The van der Waals surface area contributed by atoms with Crippen molar-refractivity contribution in [1.82, 2.24) is 9.55 Å². The number of hydrogen-bond acceptors (Lipinski definition) is 2. The fraction of sp³-hybridized carbons (Fsp3) is 0.500. The Morgan fingerprint density at radius 2 is 1.85 bits per heavy atom. The van der Waals surface area contributed by atoms with Gasteiger partial charge in [0.05, 0.1) is 0 Å². The maximum absolute atomic E-state index is 13.8. The molecule has 1 aliphatic carbocycles. The molecule has 1 saturated carbocycles. The number of fused-ring (bicyclic) bond motifs is 1. The van der Waals surface area contributed by atoms with Gasteiger partial charge in [-0.15, -0.1) is 0 Å². The molecule has 1 fully saturated rings. The molecule has 0 amide bonds. The summed E-state index contributed by atoms with van der Waals surface area (Å²) >= 11 is 0. The highest BCUT2D eigenvalue weighted by molar-refractivity contribution is 5.78. The summed E-state index contributed by atoms with van der Waals surface area (Å²) < 4.78 is 47.7. The first-order valence-corrected chi connectivity index (χ1v) is 6.74. The normalized spacial score (nSPS) is 16.8. The van der Waals surface area contributed by atoms with Gasteiger partial charge in [-0.2, -0.15) is 4.98 Å². The zero-order valence-electron chi connectivity index (χ0n) is 11.1. The van der Waals surface area contributed by atoms with E-state index in [4.69, 9.17) is 4.74 Å². The quantitative estimate of drug-likeness (QED) is 0.786. The second-order valence-electron chi connectivity index (χ2n) is 5.18. The standard InChI is InChI=1S/C14H15F3N2O/c1-19-13-11(17)9(15)7-10(16)12(13)18-14(19)20-8-5-3-2-4-6-8/h7-8H,2-6H2,1H3. The van der Waals surface area contributed by atoms with Gasteiger partial charge in [-0.05, 0) is 25.7 Å². The third kappa shape index (κ3) is 2.13. The van der Waals surface area contributed by atoms with Gasteiger partial charge in [0.15, 0.2) is 17.5 Å². The molecule has 1 aromatic carbocycles. The molecule has 0 atom stereocenters. The average Bonchev–Trinajstić information content (AvgIpc) is 2.76. The van der Waals surface area contributed by atoms with Crippen molar-refractivity contribution >= 4 is 11.0 Å². The lowest BCUT2D eigenvalue weighted by molar-refractivity contribution is 0.138. The number of ether oxygens (including phenoxy) is 1. The summed E-state index contributed by atoms with van der Waals surface area (Å²) in [5.41, 5.74) is -0.398. The van der Waals surface area contributed by atoms with Gasteiger partial charge in [0.2, 0.25) is 0 Å². The number of aryl methyl sites for hydroxylation is 1. The van der Waals surface area contributed by atoms with Crippen LogP contribution in [0.2, 0.25) is 0 Å². The lowest BCUT2D eigenvalue weighted by Crippen LogP contribution is -2.21. The van der Waals surface area contributed by atoms with Crippen LogP contribution < -0.4 is 4.74 Å². The van der Waals surface area contributed by atoms with E-state index in [9.17, 15) is 13.2 Å². The van der Waals surface area contributed by atoms with Crippen LogP contribution in [-0.4, -0.2) is 15.7 Å². The van der Waals surface area contributed by atoms with Gasteiger partial charge in [0, 0.05) is 13.1 Å². The monoisotopic (exact) mass is 284 g/mol. The second-order valence-corrected chi connectivity index (χ2v) is 5.18. The zero-order valence-corrected chi connectivity index (χ0v) is 11.1. The lowest BCUT2D eigenvalue weighted by atomic mass is 9.98. The van der Waals surface area contributed by atoms with Crippen molar-refractivity contribution < 1.29 is 17.9 Å². The number of hydrogen-bond donors (Lipinski definition) is 0. The Kier molecular flexibility index (Phi) is 3.31. The molecule has 6 heteroatoms. The van der Waals surface area contributed by atoms with Crippen molar-refractivity contribution in [3.63, 3.8) is 0 Å². The van der Waals surface area contributed by atoms with Gasteiger partial charge in [-0.25, -0.2) is 13.2 Å². The van der Waals surface area contributed by atoms with Crippen LogP contribution in [0.3, 0.4) is 0 Å². The Morgan fingerprint density at radius 3 is 2.55 bits per heavy atom. The smallest absolute Gasteiger partial charge is 0.297 e. The van der Waals surface area contributed by atoms with Crippen LogP contribution in [0.25, 0.3) is 11.0 Å². The zero-order chi connectivity index (χ0) is 14.3. The Labute approximate surface area is 114 Å². The van der Waals surface area contributed by atoms with Crippen molar-refractivity contribution in [3.05, 3.63) is 23.5 Å². The number of benzene rings is 1. The molecule has 3 nitrogen and oxygen atoms in total. The fourth-order valence-electron chi connectivity index (χ4n) is 2.69. The second kappa shape index (κ2) is 5.00. The maximum atomic E-state index is 13.8. The molecule has 0 saturated heterocycles. The van der Waals surface area contributed by atoms with E-state index in [-0.39, 0.29) is 23.1 Å². The van der Waals surface area contributed by atoms with E-state index >= 15 is 0 Å². The lowest BCUT2D eigenvalue weighted by Gasteiger charge is -2.22. The summed E-state index contributed by atoms with van der Waals surface area (Å²) in [6.45, 7) is 0. The largest absolute Gasteiger partial charge is 0.461 e. The van der Waals surface area contributed by atoms with Gasteiger partial charge < -0.3 is 4.74 Å². The molecule has 2 aromatic rings. The summed E-state index contributed by atoms with van der Waals surface area (Å²) in [5, 5.41) is 0. The molecule has 1 aromatic heterocycles. The number of aromatic nitrogens is 2. The number of nitrogens with zero attached hydrogens (tertiary/aromatic N) is 2. The summed E-state index contributed by atoms with van der Waals surface area (Å²) in [4.78, 5) is 3.97. The van der Waals surface area contributed by atoms with E-state index in [1.807, 2.05) is 0 Å². The fourth-order valence-corrected chi connectivity index (χ4v) is 2.69. The minimum absolute atomic E-state index is 0.00947. The van der Waals surface area contributed by atoms with Crippen molar-refractivity contribution in [2.24, 2.45) is 7.05 Å². The molecule has 0 spiro atoms. The first kappa shape index (κ1) is 13.3. The number of imidazole rings is 1. The third-order valence-electron chi connectivity index (χ3n) is 3.78. The highest BCUT2D eigenvalue weighted by Gasteiger charge is 2.23. The van der Waals surface area contributed by atoms with Crippen LogP contribution in [0.15, 0.2) is 6.07 Å². The molecule has 20 heavy (non-hydrogen) atoms. The van der Waals surface area contributed by atoms with E-state index in [0.717, 1.165) is 25.7 Å². The first-order chi connectivity index (χ1) is 9.58. The molecular formula is C14H15F3N2O. The van der Waals surface area contributed by atoms with E-state index < -0.39 is 17.5 Å². The molecule has 0 radical (unpaired) electrons. The van der Waals surface area contributed by atoms with Crippen LogP contribution >= 0.6 is 0 Å². The Hall–Kier alpha value is -1.72. The van der Waals surface area contributed by atoms with Crippen LogP contribution in [0.5, 0.6) is 6.01 Å². The van der Waals surface area contributed by atoms with Crippen LogP contribution in [0.1, 0.15) is 32.1 Å². The third-order valence-corrected chi connectivity index (χ3v) is 3.78. The summed E-state index contributed by atoms with van der Waals surface area (Å²) in [6.07, 6.45) is 5.15. The van der Waals surface area contributed by atoms with Crippen LogP contribution in [0, 0.1) is 17.5 Å². The molecule has 0 unspecified atom stereocenters. The van der Waals surface area contributed by atoms with Crippen LogP contribution in [-0.2, 0) is 7.05 Å². The first-order valence-electron chi connectivity index (χ1n) is 6.74. The number of halogens is 3. The topological polar surface area (TPSA) is 27.1 Å². The number of rotatable bonds is 2. The van der Waals surface area contributed by atoms with Crippen molar-refractivity contribution in [2.75, 3.05) is 0 Å².